The maximum absolute atomic E-state index is 10.6. The van der Waals surface area contributed by atoms with Crippen LogP contribution in [0.15, 0.2) is 0 Å². The normalized spacial score (nSPS) is 17.3. The first-order valence-corrected chi connectivity index (χ1v) is 16.1. The van der Waals surface area contributed by atoms with E-state index in [1.807, 2.05) is 6.92 Å². The summed E-state index contributed by atoms with van der Waals surface area (Å²) in [5.74, 6) is 0. The highest BCUT2D eigenvalue weighted by molar-refractivity contribution is 6.74. The Morgan fingerprint density at radius 1 is 0.808 bits per heavy atom. The van der Waals surface area contributed by atoms with E-state index in [9.17, 15) is 5.11 Å². The van der Waals surface area contributed by atoms with Crippen molar-refractivity contribution in [1.29, 1.82) is 0 Å². The third-order valence-electron chi connectivity index (χ3n) is 6.97. The van der Waals surface area contributed by atoms with Gasteiger partial charge in [0, 0.05) is 12.0 Å². The van der Waals surface area contributed by atoms with Crippen molar-refractivity contribution in [3.8, 4) is 0 Å². The number of aliphatic hydroxyl groups is 1. The van der Waals surface area contributed by atoms with E-state index in [1.54, 1.807) is 0 Å². The number of rotatable bonds is 9. The molecule has 0 bridgehead atoms. The molecule has 0 aromatic carbocycles. The molecule has 26 heavy (non-hydrogen) atoms. The summed E-state index contributed by atoms with van der Waals surface area (Å²) >= 11 is 0. The Hall–Kier alpha value is 0.314. The lowest BCUT2D eigenvalue weighted by molar-refractivity contribution is -0.0497. The van der Waals surface area contributed by atoms with Crippen molar-refractivity contribution in [2.24, 2.45) is 5.41 Å². The lowest BCUT2D eigenvalue weighted by Crippen LogP contribution is -2.51. The Balaban J connectivity index is 5.37. The molecule has 0 amide bonds. The summed E-state index contributed by atoms with van der Waals surface area (Å²) in [5.41, 5.74) is -0.291. The molecule has 5 heteroatoms. The van der Waals surface area contributed by atoms with Gasteiger partial charge in [0.05, 0.1) is 12.2 Å². The van der Waals surface area contributed by atoms with Crippen LogP contribution in [0.25, 0.3) is 0 Å². The lowest BCUT2D eigenvalue weighted by atomic mass is 9.78. The second kappa shape index (κ2) is 8.77. The highest BCUT2D eigenvalue weighted by Gasteiger charge is 2.45. The summed E-state index contributed by atoms with van der Waals surface area (Å²) in [6, 6.07) is 0. The number of hydrogen-bond donors (Lipinski definition) is 1. The third-order valence-corrected chi connectivity index (χ3v) is 16.0. The van der Waals surface area contributed by atoms with Gasteiger partial charge in [-0.25, -0.2) is 0 Å². The van der Waals surface area contributed by atoms with Gasteiger partial charge in [0.1, 0.15) is 0 Å². The molecule has 0 heterocycles. The van der Waals surface area contributed by atoms with Gasteiger partial charge in [0.15, 0.2) is 16.6 Å². The highest BCUT2D eigenvalue weighted by atomic mass is 28.4. The quantitative estimate of drug-likeness (QED) is 0.441. The van der Waals surface area contributed by atoms with Gasteiger partial charge in [-0.1, -0.05) is 62.3 Å². The summed E-state index contributed by atoms with van der Waals surface area (Å²) in [4.78, 5) is 0. The molecule has 3 nitrogen and oxygen atoms in total. The second-order valence-corrected chi connectivity index (χ2v) is 21.1. The zero-order valence-corrected chi connectivity index (χ0v) is 22.0. The Bertz CT molecular complexity index is 432. The monoisotopic (exact) mass is 404 g/mol. The Kier molecular flexibility index (Phi) is 8.87. The molecule has 1 unspecified atom stereocenters. The van der Waals surface area contributed by atoms with E-state index in [2.05, 4.69) is 81.6 Å². The average Bonchev–Trinajstić information content (AvgIpc) is 2.42. The van der Waals surface area contributed by atoms with Crippen molar-refractivity contribution >= 4 is 16.6 Å². The largest absolute Gasteiger partial charge is 0.417 e. The van der Waals surface area contributed by atoms with Gasteiger partial charge in [-0.05, 0) is 49.1 Å². The van der Waals surface area contributed by atoms with Crippen molar-refractivity contribution in [2.45, 2.75) is 124 Å². The fourth-order valence-corrected chi connectivity index (χ4v) is 5.04. The molecule has 0 aliphatic heterocycles. The fourth-order valence-electron chi connectivity index (χ4n) is 2.49. The molecular weight excluding hydrogens is 356 g/mol. The molecule has 0 rings (SSSR count). The molecule has 0 saturated carbocycles. The number of aliphatic hydroxyl groups excluding tert-OH is 1. The SMILES string of the molecule is CCC(O)C(C)(C)[C@H](CCO[Si](C)(C)C(C)(C)C)O[Si](C)(C)C(C)(C)C. The smallest absolute Gasteiger partial charge is 0.192 e. The first-order chi connectivity index (χ1) is 11.3. The third kappa shape index (κ3) is 6.73. The summed E-state index contributed by atoms with van der Waals surface area (Å²) < 4.78 is 13.2. The van der Waals surface area contributed by atoms with Gasteiger partial charge in [-0.3, -0.25) is 0 Å². The maximum Gasteiger partial charge on any atom is 0.192 e. The van der Waals surface area contributed by atoms with Gasteiger partial charge in [0.2, 0.25) is 0 Å². The van der Waals surface area contributed by atoms with Gasteiger partial charge in [0.25, 0.3) is 0 Å². The topological polar surface area (TPSA) is 38.7 Å². The zero-order chi connectivity index (χ0) is 21.2. The van der Waals surface area contributed by atoms with Crippen LogP contribution in [0.5, 0.6) is 0 Å². The molecule has 0 aromatic rings. The molecule has 0 aliphatic rings. The van der Waals surface area contributed by atoms with Crippen molar-refractivity contribution in [1.82, 2.24) is 0 Å². The molecular formula is C21H48O3Si2. The van der Waals surface area contributed by atoms with Gasteiger partial charge >= 0.3 is 0 Å². The van der Waals surface area contributed by atoms with Crippen molar-refractivity contribution in [2.75, 3.05) is 6.61 Å². The lowest BCUT2D eigenvalue weighted by Gasteiger charge is -2.46. The van der Waals surface area contributed by atoms with Crippen LogP contribution in [0, 0.1) is 5.41 Å². The van der Waals surface area contributed by atoms with Crippen LogP contribution in [0.1, 0.15) is 75.2 Å². The number of hydrogen-bond acceptors (Lipinski definition) is 3. The second-order valence-electron chi connectivity index (χ2n) is 11.5. The van der Waals surface area contributed by atoms with Crippen LogP contribution in [-0.4, -0.2) is 40.6 Å². The van der Waals surface area contributed by atoms with Crippen LogP contribution in [-0.2, 0) is 8.85 Å². The maximum atomic E-state index is 10.6. The molecule has 0 spiro atoms. The molecule has 0 radical (unpaired) electrons. The molecule has 2 atom stereocenters. The Labute approximate surface area is 166 Å². The minimum atomic E-state index is -1.92. The van der Waals surface area contributed by atoms with Crippen LogP contribution in [0.4, 0.5) is 0 Å². The Morgan fingerprint density at radius 2 is 1.23 bits per heavy atom. The first-order valence-electron chi connectivity index (χ1n) is 10.3. The van der Waals surface area contributed by atoms with Crippen LogP contribution in [0.2, 0.25) is 36.3 Å². The molecule has 158 valence electrons. The van der Waals surface area contributed by atoms with Crippen LogP contribution >= 0.6 is 0 Å². The van der Waals surface area contributed by atoms with E-state index in [-0.39, 0.29) is 27.7 Å². The predicted molar refractivity (Wildman–Crippen MR) is 120 cm³/mol. The minimum Gasteiger partial charge on any atom is -0.417 e. The zero-order valence-electron chi connectivity index (χ0n) is 20.0. The highest BCUT2D eigenvalue weighted by Crippen LogP contribution is 2.42. The molecule has 0 aromatic heterocycles. The first kappa shape index (κ1) is 26.3. The fraction of sp³-hybridized carbons (Fsp3) is 1.00. The van der Waals surface area contributed by atoms with E-state index in [0.29, 0.717) is 6.61 Å². The molecule has 0 aliphatic carbocycles. The summed E-state index contributed by atoms with van der Waals surface area (Å²) in [6.07, 6.45) is 1.21. The van der Waals surface area contributed by atoms with Gasteiger partial charge in [-0.15, -0.1) is 0 Å². The van der Waals surface area contributed by atoms with Crippen molar-refractivity contribution in [3.63, 3.8) is 0 Å². The van der Waals surface area contributed by atoms with Crippen molar-refractivity contribution < 1.29 is 14.0 Å². The van der Waals surface area contributed by atoms with E-state index in [4.69, 9.17) is 8.85 Å². The molecule has 0 fully saturated rings. The summed E-state index contributed by atoms with van der Waals surface area (Å²) in [5, 5.41) is 11.0. The van der Waals surface area contributed by atoms with E-state index < -0.39 is 16.6 Å². The van der Waals surface area contributed by atoms with Crippen molar-refractivity contribution in [3.05, 3.63) is 0 Å². The Morgan fingerprint density at radius 3 is 1.58 bits per heavy atom. The predicted octanol–water partition coefficient (Wildman–Crippen LogP) is 6.59. The molecule has 0 saturated heterocycles. The average molecular weight is 405 g/mol. The van der Waals surface area contributed by atoms with E-state index in [0.717, 1.165) is 12.8 Å². The van der Waals surface area contributed by atoms with Gasteiger partial charge < -0.3 is 14.0 Å². The minimum absolute atomic E-state index is 0.00288. The van der Waals surface area contributed by atoms with E-state index in [1.165, 1.54) is 0 Å². The molecule has 1 N–H and O–H groups in total. The summed E-state index contributed by atoms with van der Waals surface area (Å²) in [6.45, 7) is 29.8. The van der Waals surface area contributed by atoms with Crippen LogP contribution < -0.4 is 0 Å². The van der Waals surface area contributed by atoms with E-state index >= 15 is 0 Å². The van der Waals surface area contributed by atoms with Crippen LogP contribution in [0.3, 0.4) is 0 Å². The standard InChI is InChI=1S/C21H48O3Si2/c1-14-17(22)21(8,9)18(24-26(12,13)20(5,6)7)15-16-23-25(10,11)19(2,3)4/h17-18,22H,14-16H2,1-13H3/t17?,18-/m0/s1. The summed E-state index contributed by atoms with van der Waals surface area (Å²) in [7, 11) is -3.69. The van der Waals surface area contributed by atoms with Gasteiger partial charge in [-0.2, -0.15) is 0 Å².